The molecule has 27 heavy (non-hydrogen) atoms. The van der Waals surface area contributed by atoms with E-state index in [9.17, 15) is 9.90 Å². The summed E-state index contributed by atoms with van der Waals surface area (Å²) in [4.78, 5) is 10.9. The molecular weight excluding hydrogens is 340 g/mol. The Bertz CT molecular complexity index is 948. The van der Waals surface area contributed by atoms with E-state index in [1.807, 2.05) is 48.5 Å². The topological polar surface area (TPSA) is 66.8 Å². The van der Waals surface area contributed by atoms with E-state index in [-0.39, 0.29) is 24.0 Å². The van der Waals surface area contributed by atoms with Gasteiger partial charge in [-0.1, -0.05) is 60.7 Å². The summed E-state index contributed by atoms with van der Waals surface area (Å²) in [7, 11) is 0. The Labute approximate surface area is 157 Å². The Kier molecular flexibility index (Phi) is 4.55. The second kappa shape index (κ2) is 7.16. The minimum atomic E-state index is -0.836. The first-order valence-corrected chi connectivity index (χ1v) is 8.93. The summed E-state index contributed by atoms with van der Waals surface area (Å²) in [5.74, 6) is 0.241. The lowest BCUT2D eigenvalue weighted by atomic mass is 9.75. The van der Waals surface area contributed by atoms with Crippen molar-refractivity contribution in [3.8, 4) is 11.5 Å². The number of carboxylic acid groups (broad SMARTS) is 1. The number of carbonyl (C=O) groups is 1. The van der Waals surface area contributed by atoms with Gasteiger partial charge in [-0.2, -0.15) is 0 Å². The van der Waals surface area contributed by atoms with Crippen molar-refractivity contribution >= 4 is 5.97 Å². The van der Waals surface area contributed by atoms with Gasteiger partial charge in [0.15, 0.2) is 0 Å². The number of carboxylic acids is 1. The molecule has 2 N–H and O–H groups in total. The highest BCUT2D eigenvalue weighted by molar-refractivity contribution is 5.70. The average Bonchev–Trinajstić information content (AvgIpc) is 2.68. The van der Waals surface area contributed by atoms with Gasteiger partial charge in [0.05, 0.1) is 13.0 Å². The number of fused-ring (bicyclic) bond motifs is 1. The second-order valence-corrected chi connectivity index (χ2v) is 6.84. The molecule has 3 aromatic carbocycles. The zero-order valence-electron chi connectivity index (χ0n) is 14.7. The molecule has 1 heterocycles. The number of rotatable bonds is 4. The van der Waals surface area contributed by atoms with Crippen molar-refractivity contribution < 1.29 is 19.7 Å². The predicted molar refractivity (Wildman–Crippen MR) is 102 cm³/mol. The number of hydrogen-bond donors (Lipinski definition) is 2. The predicted octanol–water partition coefficient (Wildman–Crippen LogP) is 4.33. The fourth-order valence-electron chi connectivity index (χ4n) is 3.82. The molecule has 0 saturated carbocycles. The third-order valence-electron chi connectivity index (χ3n) is 5.07. The van der Waals surface area contributed by atoms with E-state index in [0.717, 1.165) is 16.7 Å². The lowest BCUT2D eigenvalue weighted by Crippen LogP contribution is -2.25. The van der Waals surface area contributed by atoms with Crippen LogP contribution in [0.15, 0.2) is 72.8 Å². The fourth-order valence-corrected chi connectivity index (χ4v) is 3.82. The Hall–Kier alpha value is -3.27. The number of ether oxygens (including phenoxy) is 1. The zero-order chi connectivity index (χ0) is 18.8. The van der Waals surface area contributed by atoms with Crippen molar-refractivity contribution in [2.24, 2.45) is 0 Å². The van der Waals surface area contributed by atoms with E-state index >= 15 is 0 Å². The molecule has 0 spiro atoms. The van der Waals surface area contributed by atoms with Gasteiger partial charge in [-0.3, -0.25) is 4.79 Å². The van der Waals surface area contributed by atoms with E-state index in [4.69, 9.17) is 9.84 Å². The smallest absolute Gasteiger partial charge is 0.307 e. The van der Waals surface area contributed by atoms with Crippen molar-refractivity contribution in [3.63, 3.8) is 0 Å². The summed E-state index contributed by atoms with van der Waals surface area (Å²) in [5, 5.41) is 18.8. The number of benzene rings is 3. The molecule has 4 nitrogen and oxygen atoms in total. The van der Waals surface area contributed by atoms with Gasteiger partial charge in [0.2, 0.25) is 0 Å². The van der Waals surface area contributed by atoms with Gasteiger partial charge in [-0.05, 0) is 22.8 Å². The summed E-state index contributed by atoms with van der Waals surface area (Å²) >= 11 is 0. The number of phenolic OH excluding ortho intramolecular Hbond substituents is 1. The van der Waals surface area contributed by atoms with Crippen LogP contribution >= 0.6 is 0 Å². The molecule has 2 unspecified atom stereocenters. The van der Waals surface area contributed by atoms with Crippen LogP contribution in [0.5, 0.6) is 11.5 Å². The first-order valence-electron chi connectivity index (χ1n) is 8.93. The van der Waals surface area contributed by atoms with Crippen molar-refractivity contribution in [1.82, 2.24) is 0 Å². The highest BCUT2D eigenvalue weighted by Gasteiger charge is 2.33. The van der Waals surface area contributed by atoms with E-state index in [1.54, 1.807) is 12.1 Å². The second-order valence-electron chi connectivity index (χ2n) is 6.84. The summed E-state index contributed by atoms with van der Waals surface area (Å²) in [5.41, 5.74) is 4.10. The number of aromatic hydroxyl groups is 1. The molecule has 0 saturated heterocycles. The van der Waals surface area contributed by atoms with Crippen LogP contribution in [-0.2, 0) is 11.2 Å². The van der Waals surface area contributed by atoms with E-state index < -0.39 is 5.97 Å². The number of hydrogen-bond acceptors (Lipinski definition) is 3. The van der Waals surface area contributed by atoms with E-state index in [0.29, 0.717) is 12.4 Å². The molecule has 0 fully saturated rings. The van der Waals surface area contributed by atoms with Gasteiger partial charge in [0.25, 0.3) is 0 Å². The Balaban J connectivity index is 1.78. The minimum absolute atomic E-state index is 0.0145. The first kappa shape index (κ1) is 17.2. The van der Waals surface area contributed by atoms with Crippen LogP contribution in [0.2, 0.25) is 0 Å². The Morgan fingerprint density at radius 2 is 1.70 bits per heavy atom. The van der Waals surface area contributed by atoms with Crippen LogP contribution in [0, 0.1) is 0 Å². The molecule has 136 valence electrons. The first-order chi connectivity index (χ1) is 13.1. The third-order valence-corrected chi connectivity index (χ3v) is 5.07. The van der Waals surface area contributed by atoms with Gasteiger partial charge in [0, 0.05) is 23.5 Å². The molecule has 4 rings (SSSR count). The van der Waals surface area contributed by atoms with Crippen molar-refractivity contribution in [2.45, 2.75) is 18.3 Å². The van der Waals surface area contributed by atoms with Crippen molar-refractivity contribution in [2.75, 3.05) is 6.61 Å². The molecule has 0 amide bonds. The summed E-state index contributed by atoms with van der Waals surface area (Å²) in [6, 6.07) is 23.2. The lowest BCUT2D eigenvalue weighted by Gasteiger charge is -2.34. The molecular formula is C23H20O4. The Morgan fingerprint density at radius 3 is 2.41 bits per heavy atom. The van der Waals surface area contributed by atoms with Crippen molar-refractivity contribution in [3.05, 3.63) is 95.1 Å². The maximum absolute atomic E-state index is 10.9. The summed E-state index contributed by atoms with van der Waals surface area (Å²) in [6.07, 6.45) is 0.0145. The maximum atomic E-state index is 10.9. The molecule has 3 aromatic rings. The van der Waals surface area contributed by atoms with Crippen LogP contribution in [0.1, 0.15) is 34.1 Å². The van der Waals surface area contributed by atoms with Crippen LogP contribution in [0.3, 0.4) is 0 Å². The maximum Gasteiger partial charge on any atom is 0.307 e. The van der Waals surface area contributed by atoms with Crippen LogP contribution < -0.4 is 4.74 Å². The van der Waals surface area contributed by atoms with Gasteiger partial charge in [-0.25, -0.2) is 0 Å². The zero-order valence-corrected chi connectivity index (χ0v) is 14.7. The molecule has 0 bridgehead atoms. The molecule has 1 aliphatic rings. The van der Waals surface area contributed by atoms with Crippen molar-refractivity contribution in [1.29, 1.82) is 0 Å². The summed E-state index contributed by atoms with van der Waals surface area (Å²) in [6.45, 7) is 0.516. The SMILES string of the molecule is O=C(O)Cc1ccc(C2c3ccc(O)cc3OCC2c2ccccc2)cc1. The molecule has 0 aliphatic carbocycles. The van der Waals surface area contributed by atoms with E-state index in [1.165, 1.54) is 5.56 Å². The molecule has 0 radical (unpaired) electrons. The van der Waals surface area contributed by atoms with E-state index in [2.05, 4.69) is 12.1 Å². The molecule has 0 aromatic heterocycles. The quantitative estimate of drug-likeness (QED) is 0.727. The van der Waals surface area contributed by atoms with Crippen LogP contribution in [0.25, 0.3) is 0 Å². The third kappa shape index (κ3) is 3.51. The van der Waals surface area contributed by atoms with Crippen LogP contribution in [0.4, 0.5) is 0 Å². The fraction of sp³-hybridized carbons (Fsp3) is 0.174. The standard InChI is InChI=1S/C23H20O4/c24-18-10-11-19-21(13-18)27-14-20(16-4-2-1-3-5-16)23(19)17-8-6-15(7-9-17)12-22(25)26/h1-11,13,20,23-24H,12,14H2,(H,25,26). The van der Waals surface area contributed by atoms with Gasteiger partial charge in [-0.15, -0.1) is 0 Å². The van der Waals surface area contributed by atoms with Gasteiger partial charge in [0.1, 0.15) is 11.5 Å². The highest BCUT2D eigenvalue weighted by atomic mass is 16.5. The number of phenols is 1. The Morgan fingerprint density at radius 1 is 0.963 bits per heavy atom. The largest absolute Gasteiger partial charge is 0.508 e. The van der Waals surface area contributed by atoms with Gasteiger partial charge < -0.3 is 14.9 Å². The lowest BCUT2D eigenvalue weighted by molar-refractivity contribution is -0.136. The molecule has 4 heteroatoms. The minimum Gasteiger partial charge on any atom is -0.508 e. The number of aliphatic carboxylic acids is 1. The van der Waals surface area contributed by atoms with Gasteiger partial charge >= 0.3 is 5.97 Å². The highest BCUT2D eigenvalue weighted by Crippen LogP contribution is 2.46. The molecule has 2 atom stereocenters. The molecule has 1 aliphatic heterocycles. The average molecular weight is 360 g/mol. The monoisotopic (exact) mass is 360 g/mol. The van der Waals surface area contributed by atoms with Crippen LogP contribution in [-0.4, -0.2) is 22.8 Å². The summed E-state index contributed by atoms with van der Waals surface area (Å²) < 4.78 is 5.96. The normalized spacial score (nSPS) is 18.4.